The Balaban J connectivity index is 1.77. The van der Waals surface area contributed by atoms with Crippen LogP contribution in [0, 0.1) is 5.82 Å². The molecule has 0 saturated carbocycles. The SMILES string of the molecule is C=C/C(=C\C=C(/C)CCCn1ccnc1CCCO)OC/C(C)=C/OC(C)/C=C/c1ccc(P)cc1F. The Bertz CT molecular complexity index is 1120. The highest BCUT2D eigenvalue weighted by Gasteiger charge is 2.03. The molecule has 0 aliphatic heterocycles. The monoisotopic (exact) mass is 526 g/mol. The van der Waals surface area contributed by atoms with Gasteiger partial charge < -0.3 is 19.1 Å². The number of aryl methyl sites for hydroxylation is 2. The molecule has 0 fully saturated rings. The third-order valence-electron chi connectivity index (χ3n) is 5.59. The molecule has 5 nitrogen and oxygen atoms in total. The number of allylic oxidation sites excluding steroid dienone is 4. The van der Waals surface area contributed by atoms with Gasteiger partial charge in [-0.15, -0.1) is 9.24 Å². The Morgan fingerprint density at radius 1 is 1.24 bits per heavy atom. The van der Waals surface area contributed by atoms with Crippen molar-refractivity contribution in [3.05, 3.63) is 102 Å². The maximum Gasteiger partial charge on any atom is 0.131 e. The largest absolute Gasteiger partial charge is 0.494 e. The Hall–Kier alpha value is -2.95. The molecule has 0 radical (unpaired) electrons. The van der Waals surface area contributed by atoms with Crippen molar-refractivity contribution in [3.8, 4) is 0 Å². The highest BCUT2D eigenvalue weighted by molar-refractivity contribution is 7.27. The van der Waals surface area contributed by atoms with Crippen molar-refractivity contribution in [1.82, 2.24) is 9.55 Å². The maximum atomic E-state index is 13.9. The second-order valence-corrected chi connectivity index (χ2v) is 9.65. The van der Waals surface area contributed by atoms with E-state index >= 15 is 0 Å². The summed E-state index contributed by atoms with van der Waals surface area (Å²) in [6.07, 6.45) is 18.0. The van der Waals surface area contributed by atoms with Gasteiger partial charge in [0.2, 0.25) is 0 Å². The summed E-state index contributed by atoms with van der Waals surface area (Å²) in [7, 11) is 2.48. The quantitative estimate of drug-likeness (QED) is 0.159. The number of ether oxygens (including phenoxy) is 2. The average molecular weight is 527 g/mol. The summed E-state index contributed by atoms with van der Waals surface area (Å²) in [5.74, 6) is 1.45. The van der Waals surface area contributed by atoms with Crippen molar-refractivity contribution in [2.24, 2.45) is 0 Å². The van der Waals surface area contributed by atoms with E-state index in [1.54, 1.807) is 24.5 Å². The minimum absolute atomic E-state index is 0.184. The third-order valence-corrected chi connectivity index (χ3v) is 5.94. The van der Waals surface area contributed by atoms with E-state index in [-0.39, 0.29) is 18.5 Å². The first-order valence-corrected chi connectivity index (χ1v) is 13.2. The summed E-state index contributed by atoms with van der Waals surface area (Å²) in [5.41, 5.74) is 2.70. The molecule has 2 unspecified atom stereocenters. The van der Waals surface area contributed by atoms with E-state index in [2.05, 4.69) is 38.4 Å². The van der Waals surface area contributed by atoms with Crippen LogP contribution in [-0.2, 0) is 22.4 Å². The number of halogens is 1. The minimum atomic E-state index is -0.259. The zero-order valence-corrected chi connectivity index (χ0v) is 23.4. The number of nitrogens with zero attached hydrogens (tertiary/aromatic N) is 2. The van der Waals surface area contributed by atoms with Crippen LogP contribution in [0.3, 0.4) is 0 Å². The Kier molecular flexibility index (Phi) is 13.7. The van der Waals surface area contributed by atoms with Crippen molar-refractivity contribution in [2.45, 2.75) is 59.1 Å². The fourth-order valence-electron chi connectivity index (χ4n) is 3.44. The smallest absolute Gasteiger partial charge is 0.131 e. The Morgan fingerprint density at radius 3 is 2.78 bits per heavy atom. The topological polar surface area (TPSA) is 56.5 Å². The van der Waals surface area contributed by atoms with Gasteiger partial charge in [0.25, 0.3) is 0 Å². The van der Waals surface area contributed by atoms with Gasteiger partial charge >= 0.3 is 0 Å². The molecule has 200 valence electrons. The van der Waals surface area contributed by atoms with Gasteiger partial charge in [0.05, 0.1) is 6.26 Å². The minimum Gasteiger partial charge on any atom is -0.494 e. The second kappa shape index (κ2) is 16.7. The summed E-state index contributed by atoms with van der Waals surface area (Å²) < 4.78 is 27.7. The highest BCUT2D eigenvalue weighted by atomic mass is 31.0. The van der Waals surface area contributed by atoms with Crippen molar-refractivity contribution >= 4 is 20.6 Å². The first-order chi connectivity index (χ1) is 17.8. The molecule has 0 spiro atoms. The predicted octanol–water partition coefficient (Wildman–Crippen LogP) is 6.28. The van der Waals surface area contributed by atoms with E-state index in [0.29, 0.717) is 17.9 Å². The summed E-state index contributed by atoms with van der Waals surface area (Å²) in [6, 6.07) is 5.07. The van der Waals surface area contributed by atoms with E-state index in [4.69, 9.17) is 14.6 Å². The summed E-state index contributed by atoms with van der Waals surface area (Å²) in [4.78, 5) is 4.38. The van der Waals surface area contributed by atoms with Crippen molar-refractivity contribution < 1.29 is 19.0 Å². The zero-order valence-electron chi connectivity index (χ0n) is 22.2. The van der Waals surface area contributed by atoms with E-state index in [9.17, 15) is 4.39 Å². The van der Waals surface area contributed by atoms with Crippen LogP contribution in [0.25, 0.3) is 6.08 Å². The number of aliphatic hydroxyl groups excluding tert-OH is 1. The van der Waals surface area contributed by atoms with Crippen molar-refractivity contribution in [2.75, 3.05) is 13.2 Å². The highest BCUT2D eigenvalue weighted by Crippen LogP contribution is 2.12. The van der Waals surface area contributed by atoms with E-state index in [1.165, 1.54) is 11.6 Å². The lowest BCUT2D eigenvalue weighted by molar-refractivity contribution is 0.193. The zero-order chi connectivity index (χ0) is 27.0. The van der Waals surface area contributed by atoms with Crippen molar-refractivity contribution in [3.63, 3.8) is 0 Å². The van der Waals surface area contributed by atoms with Gasteiger partial charge in [-0.2, -0.15) is 0 Å². The molecule has 1 aromatic carbocycles. The molecule has 0 amide bonds. The molecule has 0 aliphatic carbocycles. The van der Waals surface area contributed by atoms with Crippen molar-refractivity contribution in [1.29, 1.82) is 0 Å². The Labute approximate surface area is 223 Å². The van der Waals surface area contributed by atoms with Crippen LogP contribution in [0.5, 0.6) is 0 Å². The number of rotatable bonds is 16. The molecule has 1 heterocycles. The van der Waals surface area contributed by atoms with Gasteiger partial charge in [-0.3, -0.25) is 0 Å². The number of aromatic nitrogens is 2. The number of benzene rings is 1. The average Bonchev–Trinajstić information content (AvgIpc) is 3.32. The fourth-order valence-corrected chi connectivity index (χ4v) is 3.68. The normalized spacial score (nSPS) is 13.7. The molecule has 1 N–H and O–H groups in total. The molecular formula is C30H40FN2O3P. The van der Waals surface area contributed by atoms with Gasteiger partial charge in [-0.25, -0.2) is 9.37 Å². The predicted molar refractivity (Wildman–Crippen MR) is 154 cm³/mol. The van der Waals surface area contributed by atoms with Gasteiger partial charge in [0.1, 0.15) is 30.1 Å². The number of hydrogen-bond acceptors (Lipinski definition) is 4. The number of imidazole rings is 1. The second-order valence-electron chi connectivity index (χ2n) is 8.99. The number of hydrogen-bond donors (Lipinski definition) is 1. The summed E-state index contributed by atoms with van der Waals surface area (Å²) >= 11 is 0. The molecule has 0 saturated heterocycles. The lowest BCUT2D eigenvalue weighted by atomic mass is 10.1. The van der Waals surface area contributed by atoms with Gasteiger partial charge in [0, 0.05) is 37.5 Å². The molecule has 2 aromatic rings. The maximum absolute atomic E-state index is 13.9. The number of aliphatic hydroxyl groups is 1. The first-order valence-electron chi connectivity index (χ1n) is 12.6. The van der Waals surface area contributed by atoms with E-state index in [0.717, 1.165) is 48.9 Å². The summed E-state index contributed by atoms with van der Waals surface area (Å²) in [6.45, 7) is 11.2. The fraction of sp³-hybridized carbons (Fsp3) is 0.367. The summed E-state index contributed by atoms with van der Waals surface area (Å²) in [5, 5.41) is 9.84. The first kappa shape index (κ1) is 30.3. The van der Waals surface area contributed by atoms with Gasteiger partial charge in [0.15, 0.2) is 0 Å². The molecule has 7 heteroatoms. The van der Waals surface area contributed by atoms with Crippen LogP contribution in [0.2, 0.25) is 0 Å². The molecule has 2 rings (SSSR count). The lowest BCUT2D eigenvalue weighted by Gasteiger charge is -2.10. The molecule has 37 heavy (non-hydrogen) atoms. The molecule has 1 aromatic heterocycles. The standard InChI is InChI=1S/C30H40FN2O3P/c1-5-27(14-10-23(2)8-6-17-33-18-16-32-30(33)9-7-19-34)36-22-24(3)21-35-25(4)11-12-26-13-15-28(37)20-29(26)31/h5,10-16,18,20-21,25,34H,1,6-9,17,19,22,37H2,2-4H3/b12-11+,23-10+,24-21+,27-14+. The van der Waals surface area contributed by atoms with Crippen LogP contribution in [0.4, 0.5) is 4.39 Å². The molecule has 0 aliphatic rings. The third kappa shape index (κ3) is 11.8. The van der Waals surface area contributed by atoms with Gasteiger partial charge in [-0.05, 0) is 75.2 Å². The molecular weight excluding hydrogens is 486 g/mol. The van der Waals surface area contributed by atoms with Crippen LogP contribution in [-0.4, -0.2) is 34.0 Å². The van der Waals surface area contributed by atoms with Crippen LogP contribution in [0.15, 0.2) is 84.6 Å². The van der Waals surface area contributed by atoms with E-state index < -0.39 is 0 Å². The lowest BCUT2D eigenvalue weighted by Crippen LogP contribution is -2.04. The molecule has 2 atom stereocenters. The van der Waals surface area contributed by atoms with Gasteiger partial charge in [-0.1, -0.05) is 36.4 Å². The van der Waals surface area contributed by atoms with Crippen LogP contribution in [0.1, 0.15) is 51.4 Å². The molecule has 0 bridgehead atoms. The Morgan fingerprint density at radius 2 is 2.05 bits per heavy atom. The van der Waals surface area contributed by atoms with Crippen LogP contribution < -0.4 is 5.30 Å². The van der Waals surface area contributed by atoms with E-state index in [1.807, 2.05) is 44.5 Å². The van der Waals surface area contributed by atoms with Crippen LogP contribution >= 0.6 is 9.24 Å².